The van der Waals surface area contributed by atoms with Crippen molar-refractivity contribution in [2.75, 3.05) is 24.9 Å². The lowest BCUT2D eigenvalue weighted by atomic mass is 10.2. The number of ether oxygens (including phenoxy) is 2. The van der Waals surface area contributed by atoms with Crippen molar-refractivity contribution in [1.29, 1.82) is 0 Å². The van der Waals surface area contributed by atoms with E-state index in [9.17, 15) is 4.79 Å². The molecule has 6 heteroatoms. The number of pyridine rings is 1. The Morgan fingerprint density at radius 2 is 1.83 bits per heavy atom. The SMILES string of the molecule is COc1ccc(C(=O)Nc2ccc(NC(C)C)cn2)cc1OC. The molecule has 0 bridgehead atoms. The number of hydrogen-bond donors (Lipinski definition) is 2. The number of rotatable bonds is 6. The third kappa shape index (κ3) is 4.35. The molecule has 0 aliphatic rings. The van der Waals surface area contributed by atoms with Crippen molar-refractivity contribution >= 4 is 17.4 Å². The number of nitrogens with zero attached hydrogens (tertiary/aromatic N) is 1. The van der Waals surface area contributed by atoms with Gasteiger partial charge in [0.1, 0.15) is 5.82 Å². The van der Waals surface area contributed by atoms with E-state index < -0.39 is 0 Å². The molecule has 2 aromatic rings. The Balaban J connectivity index is 2.09. The van der Waals surface area contributed by atoms with Crippen molar-refractivity contribution in [3.8, 4) is 11.5 Å². The second-order valence-corrected chi connectivity index (χ2v) is 5.26. The molecule has 23 heavy (non-hydrogen) atoms. The molecule has 0 aliphatic carbocycles. The number of benzene rings is 1. The Hall–Kier alpha value is -2.76. The molecule has 1 heterocycles. The average molecular weight is 315 g/mol. The van der Waals surface area contributed by atoms with Gasteiger partial charge in [0.05, 0.1) is 26.1 Å². The smallest absolute Gasteiger partial charge is 0.256 e. The molecule has 0 spiro atoms. The topological polar surface area (TPSA) is 72.5 Å². The zero-order valence-electron chi connectivity index (χ0n) is 13.7. The van der Waals surface area contributed by atoms with Crippen LogP contribution in [0.3, 0.4) is 0 Å². The summed E-state index contributed by atoms with van der Waals surface area (Å²) in [5.74, 6) is 1.30. The van der Waals surface area contributed by atoms with Crippen LogP contribution in [0, 0.1) is 0 Å². The third-order valence-electron chi connectivity index (χ3n) is 3.11. The minimum Gasteiger partial charge on any atom is -0.493 e. The zero-order valence-corrected chi connectivity index (χ0v) is 13.7. The summed E-state index contributed by atoms with van der Waals surface area (Å²) < 4.78 is 10.4. The number of carbonyl (C=O) groups is 1. The Bertz CT molecular complexity index is 669. The number of methoxy groups -OCH3 is 2. The first-order chi connectivity index (χ1) is 11.0. The summed E-state index contributed by atoms with van der Waals surface area (Å²) in [6.45, 7) is 4.10. The van der Waals surface area contributed by atoms with Crippen LogP contribution in [-0.4, -0.2) is 31.2 Å². The van der Waals surface area contributed by atoms with E-state index in [1.807, 2.05) is 19.9 Å². The van der Waals surface area contributed by atoms with Crippen LogP contribution < -0.4 is 20.1 Å². The Kier molecular flexibility index (Phi) is 5.41. The van der Waals surface area contributed by atoms with Crippen molar-refractivity contribution in [2.24, 2.45) is 0 Å². The normalized spacial score (nSPS) is 10.3. The van der Waals surface area contributed by atoms with Gasteiger partial charge in [-0.3, -0.25) is 4.79 Å². The van der Waals surface area contributed by atoms with Crippen molar-refractivity contribution in [1.82, 2.24) is 4.98 Å². The summed E-state index contributed by atoms with van der Waals surface area (Å²) in [7, 11) is 3.08. The molecule has 1 amide bonds. The van der Waals surface area contributed by atoms with Crippen LogP contribution in [0.2, 0.25) is 0 Å². The fourth-order valence-corrected chi connectivity index (χ4v) is 2.05. The molecule has 0 saturated heterocycles. The molecule has 0 unspecified atom stereocenters. The highest BCUT2D eigenvalue weighted by molar-refractivity contribution is 6.04. The minimum atomic E-state index is -0.261. The van der Waals surface area contributed by atoms with Crippen molar-refractivity contribution in [2.45, 2.75) is 19.9 Å². The molecule has 6 nitrogen and oxygen atoms in total. The average Bonchev–Trinajstić information content (AvgIpc) is 2.55. The quantitative estimate of drug-likeness (QED) is 0.856. The van der Waals surface area contributed by atoms with Crippen molar-refractivity contribution in [3.63, 3.8) is 0 Å². The third-order valence-corrected chi connectivity index (χ3v) is 3.11. The van der Waals surface area contributed by atoms with Crippen LogP contribution in [0.15, 0.2) is 36.5 Å². The fraction of sp³-hybridized carbons (Fsp3) is 0.294. The minimum absolute atomic E-state index is 0.261. The van der Waals surface area contributed by atoms with Crippen LogP contribution in [0.5, 0.6) is 11.5 Å². The van der Waals surface area contributed by atoms with E-state index in [0.717, 1.165) is 5.69 Å². The molecule has 122 valence electrons. The maximum Gasteiger partial charge on any atom is 0.256 e. The fourth-order valence-electron chi connectivity index (χ4n) is 2.05. The molecule has 0 atom stereocenters. The van der Waals surface area contributed by atoms with Gasteiger partial charge in [0.15, 0.2) is 11.5 Å². The number of anilines is 2. The van der Waals surface area contributed by atoms with Crippen LogP contribution >= 0.6 is 0 Å². The summed E-state index contributed by atoms with van der Waals surface area (Å²) in [6.07, 6.45) is 1.68. The molecular formula is C17H21N3O3. The first kappa shape index (κ1) is 16.6. The Morgan fingerprint density at radius 3 is 2.39 bits per heavy atom. The van der Waals surface area contributed by atoms with Gasteiger partial charge in [-0.25, -0.2) is 4.98 Å². The van der Waals surface area contributed by atoms with Crippen LogP contribution in [0.4, 0.5) is 11.5 Å². The summed E-state index contributed by atoms with van der Waals surface area (Å²) in [5, 5.41) is 5.99. The molecule has 0 aliphatic heterocycles. The first-order valence-corrected chi connectivity index (χ1v) is 7.29. The first-order valence-electron chi connectivity index (χ1n) is 7.29. The number of carbonyl (C=O) groups excluding carboxylic acids is 1. The number of hydrogen-bond acceptors (Lipinski definition) is 5. The van der Waals surface area contributed by atoms with Gasteiger partial charge in [-0.1, -0.05) is 0 Å². The molecule has 1 aromatic carbocycles. The van der Waals surface area contributed by atoms with Gasteiger partial charge in [0, 0.05) is 11.6 Å². The monoisotopic (exact) mass is 315 g/mol. The van der Waals surface area contributed by atoms with Gasteiger partial charge in [-0.15, -0.1) is 0 Å². The molecule has 0 radical (unpaired) electrons. The summed E-state index contributed by atoms with van der Waals surface area (Å²) in [4.78, 5) is 16.5. The van der Waals surface area contributed by atoms with E-state index in [-0.39, 0.29) is 5.91 Å². The van der Waals surface area contributed by atoms with E-state index in [0.29, 0.717) is 28.9 Å². The number of amides is 1. The Morgan fingerprint density at radius 1 is 1.09 bits per heavy atom. The van der Waals surface area contributed by atoms with Crippen LogP contribution in [0.1, 0.15) is 24.2 Å². The van der Waals surface area contributed by atoms with Gasteiger partial charge in [0.25, 0.3) is 5.91 Å². The second kappa shape index (κ2) is 7.49. The summed E-state index contributed by atoms with van der Waals surface area (Å²) in [6, 6.07) is 8.94. The van der Waals surface area contributed by atoms with E-state index in [2.05, 4.69) is 15.6 Å². The van der Waals surface area contributed by atoms with Gasteiger partial charge in [-0.2, -0.15) is 0 Å². The van der Waals surface area contributed by atoms with E-state index in [1.165, 1.54) is 7.11 Å². The lowest BCUT2D eigenvalue weighted by Crippen LogP contribution is -2.14. The van der Waals surface area contributed by atoms with Crippen LogP contribution in [0.25, 0.3) is 0 Å². The maximum absolute atomic E-state index is 12.3. The highest BCUT2D eigenvalue weighted by Gasteiger charge is 2.11. The Labute approximate surface area is 135 Å². The van der Waals surface area contributed by atoms with Crippen molar-refractivity contribution in [3.05, 3.63) is 42.1 Å². The van der Waals surface area contributed by atoms with Crippen LogP contribution in [-0.2, 0) is 0 Å². The predicted molar refractivity (Wildman–Crippen MR) is 90.5 cm³/mol. The standard InChI is InChI=1S/C17H21N3O3/c1-11(2)19-13-6-8-16(18-10-13)20-17(21)12-5-7-14(22-3)15(9-12)23-4/h5-11,19H,1-4H3,(H,18,20,21). The van der Waals surface area contributed by atoms with Gasteiger partial charge < -0.3 is 20.1 Å². The van der Waals surface area contributed by atoms with Crippen molar-refractivity contribution < 1.29 is 14.3 Å². The molecule has 1 aromatic heterocycles. The summed E-state index contributed by atoms with van der Waals surface area (Å²) in [5.41, 5.74) is 1.37. The molecule has 2 rings (SSSR count). The maximum atomic E-state index is 12.3. The lowest BCUT2D eigenvalue weighted by molar-refractivity contribution is 0.102. The lowest BCUT2D eigenvalue weighted by Gasteiger charge is -2.11. The van der Waals surface area contributed by atoms with Gasteiger partial charge >= 0.3 is 0 Å². The molecule has 0 fully saturated rings. The zero-order chi connectivity index (χ0) is 16.8. The van der Waals surface area contributed by atoms with E-state index in [1.54, 1.807) is 37.6 Å². The second-order valence-electron chi connectivity index (χ2n) is 5.26. The highest BCUT2D eigenvalue weighted by Crippen LogP contribution is 2.27. The highest BCUT2D eigenvalue weighted by atomic mass is 16.5. The largest absolute Gasteiger partial charge is 0.493 e. The predicted octanol–water partition coefficient (Wildman–Crippen LogP) is 3.17. The molecular weight excluding hydrogens is 294 g/mol. The number of nitrogens with one attached hydrogen (secondary N) is 2. The van der Waals surface area contributed by atoms with Gasteiger partial charge in [-0.05, 0) is 44.2 Å². The van der Waals surface area contributed by atoms with Gasteiger partial charge in [0.2, 0.25) is 0 Å². The van der Waals surface area contributed by atoms with E-state index in [4.69, 9.17) is 9.47 Å². The summed E-state index contributed by atoms with van der Waals surface area (Å²) >= 11 is 0. The molecule has 2 N–H and O–H groups in total. The van der Waals surface area contributed by atoms with E-state index >= 15 is 0 Å². The molecule has 0 saturated carbocycles. The number of aromatic nitrogens is 1.